The number of nitrogens with zero attached hydrogens (tertiary/aromatic N) is 2. The fourth-order valence-corrected chi connectivity index (χ4v) is 2.90. The van der Waals surface area contributed by atoms with Crippen molar-refractivity contribution in [1.82, 2.24) is 9.88 Å². The number of hydrogen-bond acceptors (Lipinski definition) is 4. The third kappa shape index (κ3) is 3.19. The molecule has 0 radical (unpaired) electrons. The van der Waals surface area contributed by atoms with Crippen molar-refractivity contribution in [2.75, 3.05) is 32.0 Å². The van der Waals surface area contributed by atoms with E-state index in [1.54, 1.807) is 0 Å². The number of rotatable bonds is 4. The van der Waals surface area contributed by atoms with E-state index in [-0.39, 0.29) is 5.56 Å². The number of pyridine rings is 1. The molecule has 1 aromatic carbocycles. The van der Waals surface area contributed by atoms with Gasteiger partial charge >= 0.3 is 5.97 Å². The number of aryl methyl sites for hydroxylation is 1. The van der Waals surface area contributed by atoms with Crippen molar-refractivity contribution in [3.05, 3.63) is 47.2 Å². The Morgan fingerprint density at radius 2 is 2.26 bits per heavy atom. The van der Waals surface area contributed by atoms with Crippen LogP contribution in [-0.2, 0) is 0 Å². The number of para-hydroxylation sites is 1. The SMILES string of the molecule is Cc1cccc2c(NCC3=CCN(C)CC3)c(C(=O)O)cnc12. The Hall–Kier alpha value is -2.40. The second-order valence-corrected chi connectivity index (χ2v) is 6.05. The number of benzene rings is 1. The maximum Gasteiger partial charge on any atom is 0.339 e. The van der Waals surface area contributed by atoms with Crippen LogP contribution in [0.25, 0.3) is 10.9 Å². The van der Waals surface area contributed by atoms with Crippen LogP contribution in [-0.4, -0.2) is 47.6 Å². The van der Waals surface area contributed by atoms with Crippen LogP contribution >= 0.6 is 0 Å². The van der Waals surface area contributed by atoms with Gasteiger partial charge in [-0.15, -0.1) is 0 Å². The molecule has 1 aliphatic rings. The smallest absolute Gasteiger partial charge is 0.339 e. The summed E-state index contributed by atoms with van der Waals surface area (Å²) in [7, 11) is 2.10. The molecule has 2 aromatic rings. The number of carboxylic acid groups (broad SMARTS) is 1. The number of anilines is 1. The summed E-state index contributed by atoms with van der Waals surface area (Å²) in [6, 6.07) is 5.84. The fraction of sp³-hybridized carbons (Fsp3) is 0.333. The third-order valence-corrected chi connectivity index (χ3v) is 4.33. The molecule has 0 unspecified atom stereocenters. The summed E-state index contributed by atoms with van der Waals surface area (Å²) in [4.78, 5) is 18.1. The van der Waals surface area contributed by atoms with Crippen molar-refractivity contribution >= 4 is 22.6 Å². The number of carboxylic acids is 1. The molecular weight excluding hydrogens is 290 g/mol. The van der Waals surface area contributed by atoms with Gasteiger partial charge in [-0.3, -0.25) is 4.98 Å². The molecule has 1 aliphatic heterocycles. The van der Waals surface area contributed by atoms with Gasteiger partial charge in [-0.25, -0.2) is 4.79 Å². The molecule has 1 aromatic heterocycles. The number of nitrogens with one attached hydrogen (secondary N) is 1. The Morgan fingerprint density at radius 3 is 2.96 bits per heavy atom. The largest absolute Gasteiger partial charge is 0.478 e. The van der Waals surface area contributed by atoms with Gasteiger partial charge in [-0.1, -0.05) is 29.8 Å². The van der Waals surface area contributed by atoms with Crippen LogP contribution in [0.2, 0.25) is 0 Å². The maximum atomic E-state index is 11.5. The van der Waals surface area contributed by atoms with Crippen molar-refractivity contribution in [3.8, 4) is 0 Å². The van der Waals surface area contributed by atoms with E-state index < -0.39 is 5.97 Å². The van der Waals surface area contributed by atoms with Gasteiger partial charge in [-0.05, 0) is 26.0 Å². The Labute approximate surface area is 135 Å². The molecule has 0 saturated carbocycles. The van der Waals surface area contributed by atoms with E-state index in [1.807, 2.05) is 25.1 Å². The number of likely N-dealkylation sites (N-methyl/N-ethyl adjacent to an activating group) is 1. The molecule has 120 valence electrons. The van der Waals surface area contributed by atoms with Crippen LogP contribution in [0, 0.1) is 6.92 Å². The summed E-state index contributed by atoms with van der Waals surface area (Å²) in [5.41, 5.74) is 4.08. The van der Waals surface area contributed by atoms with Gasteiger partial charge < -0.3 is 15.3 Å². The summed E-state index contributed by atoms with van der Waals surface area (Å²) < 4.78 is 0. The van der Waals surface area contributed by atoms with E-state index in [0.717, 1.165) is 36.0 Å². The number of carbonyl (C=O) groups is 1. The third-order valence-electron chi connectivity index (χ3n) is 4.33. The van der Waals surface area contributed by atoms with E-state index in [4.69, 9.17) is 0 Å². The standard InChI is InChI=1S/C18H21N3O2/c1-12-4-3-5-14-16(12)20-11-15(18(22)23)17(14)19-10-13-6-8-21(2)9-7-13/h3-6,11H,7-10H2,1-2H3,(H,19,20)(H,22,23). The van der Waals surface area contributed by atoms with Crippen LogP contribution < -0.4 is 5.32 Å². The molecule has 0 aliphatic carbocycles. The van der Waals surface area contributed by atoms with E-state index in [1.165, 1.54) is 11.8 Å². The highest BCUT2D eigenvalue weighted by Gasteiger charge is 2.16. The first-order valence-corrected chi connectivity index (χ1v) is 7.78. The van der Waals surface area contributed by atoms with Gasteiger partial charge in [0.25, 0.3) is 0 Å². The molecule has 3 rings (SSSR count). The normalized spacial score (nSPS) is 15.5. The second kappa shape index (κ2) is 6.38. The van der Waals surface area contributed by atoms with Crippen molar-refractivity contribution in [1.29, 1.82) is 0 Å². The Kier molecular flexibility index (Phi) is 4.30. The first-order chi connectivity index (χ1) is 11.1. The minimum atomic E-state index is -0.958. The van der Waals surface area contributed by atoms with E-state index in [0.29, 0.717) is 12.2 Å². The zero-order valence-corrected chi connectivity index (χ0v) is 13.5. The van der Waals surface area contributed by atoms with Crippen molar-refractivity contribution < 1.29 is 9.90 Å². The predicted octanol–water partition coefficient (Wildman–Crippen LogP) is 2.92. The van der Waals surface area contributed by atoms with Crippen LogP contribution in [0.15, 0.2) is 36.0 Å². The molecule has 2 heterocycles. The highest BCUT2D eigenvalue weighted by atomic mass is 16.4. The lowest BCUT2D eigenvalue weighted by Crippen LogP contribution is -2.26. The molecule has 0 bridgehead atoms. The van der Waals surface area contributed by atoms with Gasteiger partial charge in [0, 0.05) is 31.2 Å². The van der Waals surface area contributed by atoms with E-state index in [9.17, 15) is 9.90 Å². The van der Waals surface area contributed by atoms with E-state index in [2.05, 4.69) is 28.3 Å². The topological polar surface area (TPSA) is 65.5 Å². The number of fused-ring (bicyclic) bond motifs is 1. The van der Waals surface area contributed by atoms with Gasteiger partial charge in [0.1, 0.15) is 5.56 Å². The monoisotopic (exact) mass is 311 g/mol. The minimum absolute atomic E-state index is 0.219. The lowest BCUT2D eigenvalue weighted by Gasteiger charge is -2.23. The summed E-state index contributed by atoms with van der Waals surface area (Å²) in [6.07, 6.45) is 4.67. The number of aromatic carboxylic acids is 1. The van der Waals surface area contributed by atoms with Crippen molar-refractivity contribution in [2.24, 2.45) is 0 Å². The molecule has 2 N–H and O–H groups in total. The average molecular weight is 311 g/mol. The van der Waals surface area contributed by atoms with Gasteiger partial charge in [0.2, 0.25) is 0 Å². The lowest BCUT2D eigenvalue weighted by molar-refractivity contribution is 0.0697. The molecular formula is C18H21N3O2. The van der Waals surface area contributed by atoms with Crippen molar-refractivity contribution in [2.45, 2.75) is 13.3 Å². The van der Waals surface area contributed by atoms with E-state index >= 15 is 0 Å². The average Bonchev–Trinajstić information content (AvgIpc) is 2.54. The maximum absolute atomic E-state index is 11.5. The highest BCUT2D eigenvalue weighted by molar-refractivity contribution is 6.04. The Morgan fingerprint density at radius 1 is 1.43 bits per heavy atom. The first-order valence-electron chi connectivity index (χ1n) is 7.78. The van der Waals surface area contributed by atoms with Crippen LogP contribution in [0.3, 0.4) is 0 Å². The summed E-state index contributed by atoms with van der Waals surface area (Å²) in [5.74, 6) is -0.958. The number of hydrogen-bond donors (Lipinski definition) is 2. The Balaban J connectivity index is 1.96. The van der Waals surface area contributed by atoms with Crippen LogP contribution in [0.4, 0.5) is 5.69 Å². The quantitative estimate of drug-likeness (QED) is 0.850. The summed E-state index contributed by atoms with van der Waals surface area (Å²) >= 11 is 0. The molecule has 0 amide bonds. The number of aromatic nitrogens is 1. The van der Waals surface area contributed by atoms with Gasteiger partial charge in [0.15, 0.2) is 0 Å². The molecule has 0 spiro atoms. The Bertz CT molecular complexity index is 783. The second-order valence-electron chi connectivity index (χ2n) is 6.05. The molecule has 5 nitrogen and oxygen atoms in total. The minimum Gasteiger partial charge on any atom is -0.478 e. The molecule has 0 fully saturated rings. The fourth-order valence-electron chi connectivity index (χ4n) is 2.90. The molecule has 0 atom stereocenters. The van der Waals surface area contributed by atoms with Crippen LogP contribution in [0.5, 0.6) is 0 Å². The molecule has 23 heavy (non-hydrogen) atoms. The van der Waals surface area contributed by atoms with Gasteiger partial charge in [-0.2, -0.15) is 0 Å². The molecule has 0 saturated heterocycles. The first kappa shape index (κ1) is 15.5. The predicted molar refractivity (Wildman–Crippen MR) is 92.1 cm³/mol. The van der Waals surface area contributed by atoms with Crippen molar-refractivity contribution in [3.63, 3.8) is 0 Å². The van der Waals surface area contributed by atoms with Gasteiger partial charge in [0.05, 0.1) is 11.2 Å². The summed E-state index contributed by atoms with van der Waals surface area (Å²) in [5, 5.41) is 13.7. The summed E-state index contributed by atoms with van der Waals surface area (Å²) in [6.45, 7) is 4.63. The van der Waals surface area contributed by atoms with Crippen LogP contribution in [0.1, 0.15) is 22.3 Å². The zero-order valence-electron chi connectivity index (χ0n) is 13.5. The lowest BCUT2D eigenvalue weighted by atomic mass is 10.0. The highest BCUT2D eigenvalue weighted by Crippen LogP contribution is 2.28. The molecule has 5 heteroatoms. The zero-order chi connectivity index (χ0) is 16.4.